The van der Waals surface area contributed by atoms with Crippen molar-refractivity contribution in [2.24, 2.45) is 0 Å². The predicted molar refractivity (Wildman–Crippen MR) is 92.9 cm³/mol. The van der Waals surface area contributed by atoms with Crippen LogP contribution in [0.3, 0.4) is 0 Å². The Morgan fingerprint density at radius 2 is 2.08 bits per heavy atom. The fourth-order valence-corrected chi connectivity index (χ4v) is 3.19. The van der Waals surface area contributed by atoms with Gasteiger partial charge in [-0.3, -0.25) is 4.98 Å². The van der Waals surface area contributed by atoms with Gasteiger partial charge in [-0.05, 0) is 31.0 Å². The maximum absolute atomic E-state index is 14.0. The Balaban J connectivity index is 1.47. The SMILES string of the molecule is Fc1cnccc1-c1cnc2ccc(NCCOC3CCCC3)nn12. The highest BCUT2D eigenvalue weighted by Crippen LogP contribution is 2.23. The lowest BCUT2D eigenvalue weighted by Crippen LogP contribution is -2.16. The van der Waals surface area contributed by atoms with Crippen LogP contribution >= 0.6 is 0 Å². The second-order valence-corrected chi connectivity index (χ2v) is 6.19. The van der Waals surface area contributed by atoms with Gasteiger partial charge >= 0.3 is 0 Å². The summed E-state index contributed by atoms with van der Waals surface area (Å²) in [6, 6.07) is 5.34. The molecule has 0 bridgehead atoms. The lowest BCUT2D eigenvalue weighted by molar-refractivity contribution is 0.0658. The van der Waals surface area contributed by atoms with Gasteiger partial charge in [-0.2, -0.15) is 0 Å². The summed E-state index contributed by atoms with van der Waals surface area (Å²) >= 11 is 0. The third-order valence-electron chi connectivity index (χ3n) is 4.47. The smallest absolute Gasteiger partial charge is 0.154 e. The maximum Gasteiger partial charge on any atom is 0.154 e. The summed E-state index contributed by atoms with van der Waals surface area (Å²) in [5.41, 5.74) is 1.69. The first-order chi connectivity index (χ1) is 12.3. The number of anilines is 1. The topological polar surface area (TPSA) is 64.3 Å². The molecule has 25 heavy (non-hydrogen) atoms. The minimum absolute atomic E-state index is 0.394. The highest BCUT2D eigenvalue weighted by Gasteiger charge is 2.15. The second-order valence-electron chi connectivity index (χ2n) is 6.19. The van der Waals surface area contributed by atoms with Crippen LogP contribution in [0.15, 0.2) is 36.8 Å². The molecule has 0 atom stereocenters. The molecule has 0 saturated heterocycles. The number of fused-ring (bicyclic) bond motifs is 1. The van der Waals surface area contributed by atoms with Crippen molar-refractivity contribution in [1.29, 1.82) is 0 Å². The van der Waals surface area contributed by atoms with Crippen LogP contribution in [0.4, 0.5) is 10.2 Å². The number of hydrogen-bond acceptors (Lipinski definition) is 5. The van der Waals surface area contributed by atoms with Gasteiger partial charge in [0.15, 0.2) is 11.5 Å². The molecule has 130 valence electrons. The Hall–Kier alpha value is -2.54. The third kappa shape index (κ3) is 3.46. The Kier molecular flexibility index (Phi) is 4.56. The van der Waals surface area contributed by atoms with E-state index in [9.17, 15) is 4.39 Å². The molecule has 1 N–H and O–H groups in total. The maximum atomic E-state index is 14.0. The van der Waals surface area contributed by atoms with Crippen molar-refractivity contribution >= 4 is 11.5 Å². The van der Waals surface area contributed by atoms with E-state index >= 15 is 0 Å². The number of nitrogens with one attached hydrogen (secondary N) is 1. The molecule has 0 spiro atoms. The number of imidazole rings is 1. The van der Waals surface area contributed by atoms with Crippen LogP contribution in [-0.4, -0.2) is 38.8 Å². The quantitative estimate of drug-likeness (QED) is 0.697. The molecular weight excluding hydrogens is 321 g/mol. The molecule has 0 amide bonds. The number of halogens is 1. The summed E-state index contributed by atoms with van der Waals surface area (Å²) in [5, 5.41) is 7.78. The molecule has 0 unspecified atom stereocenters. The van der Waals surface area contributed by atoms with Crippen molar-refractivity contribution in [3.63, 3.8) is 0 Å². The van der Waals surface area contributed by atoms with E-state index in [4.69, 9.17) is 4.74 Å². The minimum atomic E-state index is -0.394. The molecule has 3 heterocycles. The van der Waals surface area contributed by atoms with E-state index in [0.29, 0.717) is 42.0 Å². The Bertz CT molecular complexity index is 860. The first kappa shape index (κ1) is 16.0. The monoisotopic (exact) mass is 341 g/mol. The largest absolute Gasteiger partial charge is 0.376 e. The molecule has 0 radical (unpaired) electrons. The summed E-state index contributed by atoms with van der Waals surface area (Å²) in [5.74, 6) is 0.311. The summed E-state index contributed by atoms with van der Waals surface area (Å²) in [7, 11) is 0. The normalized spacial score (nSPS) is 15.1. The van der Waals surface area contributed by atoms with E-state index < -0.39 is 5.82 Å². The molecule has 1 aliphatic carbocycles. The molecule has 4 rings (SSSR count). The Labute approximate surface area is 145 Å². The average molecular weight is 341 g/mol. The van der Waals surface area contributed by atoms with Crippen LogP contribution in [-0.2, 0) is 4.74 Å². The van der Waals surface area contributed by atoms with E-state index in [1.165, 1.54) is 31.9 Å². The number of aromatic nitrogens is 4. The van der Waals surface area contributed by atoms with E-state index in [1.807, 2.05) is 12.1 Å². The van der Waals surface area contributed by atoms with E-state index in [-0.39, 0.29) is 0 Å². The molecule has 1 aliphatic rings. The molecule has 3 aromatic rings. The molecular formula is C18H20FN5O. The molecule has 6 nitrogen and oxygen atoms in total. The highest BCUT2D eigenvalue weighted by molar-refractivity contribution is 5.63. The van der Waals surface area contributed by atoms with Gasteiger partial charge in [-0.15, -0.1) is 5.10 Å². The summed E-state index contributed by atoms with van der Waals surface area (Å²) < 4.78 is 21.5. The fourth-order valence-electron chi connectivity index (χ4n) is 3.19. The van der Waals surface area contributed by atoms with Gasteiger partial charge in [0.05, 0.1) is 30.8 Å². The van der Waals surface area contributed by atoms with Gasteiger partial charge in [0.25, 0.3) is 0 Å². The van der Waals surface area contributed by atoms with Gasteiger partial charge in [-0.1, -0.05) is 12.8 Å². The number of nitrogens with zero attached hydrogens (tertiary/aromatic N) is 4. The van der Waals surface area contributed by atoms with Crippen LogP contribution in [0.25, 0.3) is 16.9 Å². The first-order valence-corrected chi connectivity index (χ1v) is 8.61. The van der Waals surface area contributed by atoms with Gasteiger partial charge in [0, 0.05) is 18.3 Å². The van der Waals surface area contributed by atoms with Crippen LogP contribution in [0, 0.1) is 5.82 Å². The van der Waals surface area contributed by atoms with Crippen molar-refractivity contribution in [3.8, 4) is 11.3 Å². The zero-order valence-corrected chi connectivity index (χ0v) is 13.9. The first-order valence-electron chi connectivity index (χ1n) is 8.61. The number of ether oxygens (including phenoxy) is 1. The van der Waals surface area contributed by atoms with Gasteiger partial charge in [0.2, 0.25) is 0 Å². The zero-order chi connectivity index (χ0) is 17.1. The molecule has 3 aromatic heterocycles. The van der Waals surface area contributed by atoms with Crippen molar-refractivity contribution in [3.05, 3.63) is 42.6 Å². The molecule has 7 heteroatoms. The zero-order valence-electron chi connectivity index (χ0n) is 13.9. The average Bonchev–Trinajstić information content (AvgIpc) is 3.29. The Morgan fingerprint density at radius 3 is 2.92 bits per heavy atom. The third-order valence-corrected chi connectivity index (χ3v) is 4.47. The number of rotatable bonds is 6. The lowest BCUT2D eigenvalue weighted by atomic mass is 10.2. The molecule has 0 aliphatic heterocycles. The van der Waals surface area contributed by atoms with Crippen LogP contribution in [0.2, 0.25) is 0 Å². The van der Waals surface area contributed by atoms with E-state index in [2.05, 4.69) is 20.4 Å². The van der Waals surface area contributed by atoms with Crippen LogP contribution < -0.4 is 5.32 Å². The van der Waals surface area contributed by atoms with Gasteiger partial charge in [0.1, 0.15) is 5.82 Å². The van der Waals surface area contributed by atoms with E-state index in [1.54, 1.807) is 23.0 Å². The number of pyridine rings is 1. The van der Waals surface area contributed by atoms with Crippen LogP contribution in [0.1, 0.15) is 25.7 Å². The van der Waals surface area contributed by atoms with Crippen LogP contribution in [0.5, 0.6) is 0 Å². The lowest BCUT2D eigenvalue weighted by Gasteiger charge is -2.12. The van der Waals surface area contributed by atoms with Crippen molar-refractivity contribution in [1.82, 2.24) is 19.6 Å². The van der Waals surface area contributed by atoms with Crippen molar-refractivity contribution < 1.29 is 9.13 Å². The predicted octanol–water partition coefficient (Wildman–Crippen LogP) is 3.30. The minimum Gasteiger partial charge on any atom is -0.376 e. The Morgan fingerprint density at radius 1 is 1.20 bits per heavy atom. The van der Waals surface area contributed by atoms with Gasteiger partial charge < -0.3 is 10.1 Å². The molecule has 1 saturated carbocycles. The second kappa shape index (κ2) is 7.14. The van der Waals surface area contributed by atoms with Gasteiger partial charge in [-0.25, -0.2) is 13.9 Å². The summed E-state index contributed by atoms with van der Waals surface area (Å²) in [6.07, 6.45) is 9.65. The highest BCUT2D eigenvalue weighted by atomic mass is 19.1. The summed E-state index contributed by atoms with van der Waals surface area (Å²) in [6.45, 7) is 1.34. The van der Waals surface area contributed by atoms with E-state index in [0.717, 1.165) is 0 Å². The fraction of sp³-hybridized carbons (Fsp3) is 0.389. The molecule has 1 fully saturated rings. The number of hydrogen-bond donors (Lipinski definition) is 1. The van der Waals surface area contributed by atoms with Crippen molar-refractivity contribution in [2.75, 3.05) is 18.5 Å². The molecule has 0 aromatic carbocycles. The standard InChI is InChI=1S/C18H20FN5O/c19-15-11-20-8-7-14(15)16-12-22-18-6-5-17(23-24(16)18)21-9-10-25-13-3-1-2-4-13/h5-8,11-13H,1-4,9-10H2,(H,21,23). The van der Waals surface area contributed by atoms with Crippen molar-refractivity contribution in [2.45, 2.75) is 31.8 Å². The summed E-state index contributed by atoms with van der Waals surface area (Å²) in [4.78, 5) is 8.07.